The van der Waals surface area contributed by atoms with Crippen molar-refractivity contribution in [2.24, 2.45) is 0 Å². The van der Waals surface area contributed by atoms with Crippen LogP contribution in [0.4, 0.5) is 32.0 Å². The van der Waals surface area contributed by atoms with Crippen LogP contribution in [0.2, 0.25) is 0 Å². The molecule has 1 amide bonds. The van der Waals surface area contributed by atoms with E-state index in [2.05, 4.69) is 46.3 Å². The Hall–Kier alpha value is -4.46. The van der Waals surface area contributed by atoms with Crippen LogP contribution in [-0.2, 0) is 32.9 Å². The Labute approximate surface area is 242 Å². The predicted octanol–water partition coefficient (Wildman–Crippen LogP) is 5.43. The first-order valence-corrected chi connectivity index (χ1v) is 12.8. The maximum absolute atomic E-state index is 13.7. The van der Waals surface area contributed by atoms with E-state index >= 15 is 0 Å². The van der Waals surface area contributed by atoms with Gasteiger partial charge in [0.2, 0.25) is 5.91 Å². The van der Waals surface area contributed by atoms with E-state index < -0.39 is 24.3 Å². The lowest BCUT2D eigenvalue weighted by molar-refractivity contribution is -0.193. The van der Waals surface area contributed by atoms with Crippen LogP contribution in [0.15, 0.2) is 79.1 Å². The minimum atomic E-state index is -5.08. The molecule has 0 atom stereocenters. The molecule has 0 aliphatic carbocycles. The van der Waals surface area contributed by atoms with Gasteiger partial charge in [-0.05, 0) is 54.8 Å². The molecule has 3 aromatic rings. The molecule has 230 valence electrons. The highest BCUT2D eigenvalue weighted by molar-refractivity contribution is 6.08. The van der Waals surface area contributed by atoms with E-state index in [0.29, 0.717) is 6.54 Å². The fourth-order valence-corrected chi connectivity index (χ4v) is 4.85. The quantitative estimate of drug-likeness (QED) is 0.379. The molecule has 1 aromatic heterocycles. The topological polar surface area (TPSA) is 111 Å². The lowest BCUT2D eigenvalue weighted by atomic mass is 9.73. The highest BCUT2D eigenvalue weighted by Crippen LogP contribution is 2.48. The fourth-order valence-electron chi connectivity index (χ4n) is 4.85. The first-order valence-electron chi connectivity index (χ1n) is 12.8. The van der Waals surface area contributed by atoms with Gasteiger partial charge in [-0.1, -0.05) is 54.6 Å². The van der Waals surface area contributed by atoms with E-state index in [0.717, 1.165) is 38.2 Å². The Balaban J connectivity index is 0.000000303. The number of hydrogen-bond donors (Lipinski definition) is 2. The predicted molar refractivity (Wildman–Crippen MR) is 142 cm³/mol. The summed E-state index contributed by atoms with van der Waals surface area (Å²) in [5.41, 5.74) is 4.31. The largest absolute Gasteiger partial charge is 0.490 e. The van der Waals surface area contributed by atoms with Gasteiger partial charge in [0.15, 0.2) is 0 Å². The van der Waals surface area contributed by atoms with Crippen LogP contribution in [0.3, 0.4) is 0 Å². The number of halogens is 6. The van der Waals surface area contributed by atoms with E-state index in [-0.39, 0.29) is 11.3 Å². The lowest BCUT2D eigenvalue weighted by Gasteiger charge is -2.38. The maximum Gasteiger partial charge on any atom is 0.490 e. The highest BCUT2D eigenvalue weighted by atomic mass is 19.4. The zero-order valence-electron chi connectivity index (χ0n) is 22.5. The zero-order valence-corrected chi connectivity index (χ0v) is 22.5. The van der Waals surface area contributed by atoms with E-state index in [1.807, 2.05) is 47.6 Å². The number of pyridine rings is 1. The maximum atomic E-state index is 13.7. The molecule has 2 aliphatic heterocycles. The van der Waals surface area contributed by atoms with Gasteiger partial charge in [0, 0.05) is 24.6 Å². The molecular weight excluding hydrogens is 584 g/mol. The standard InChI is InChI=1S/C25H25N3O.2C2HF3O2/c29-24-25(12-15-27(16-13-25)18-21-9-6-14-26-17-21)22-10-4-5-11-23(22)28(24)19-20-7-2-1-3-8-20;2*3-2(4,5)1(6)7/h1-11,14,17H,12-13,15-16,18-19H2;2*(H,6,7). The van der Waals surface area contributed by atoms with Crippen molar-refractivity contribution in [1.29, 1.82) is 0 Å². The number of carbonyl (C=O) groups is 3. The molecule has 0 radical (unpaired) electrons. The van der Waals surface area contributed by atoms with E-state index in [1.54, 1.807) is 0 Å². The number of para-hydroxylation sites is 1. The molecule has 0 saturated carbocycles. The summed E-state index contributed by atoms with van der Waals surface area (Å²) >= 11 is 0. The van der Waals surface area contributed by atoms with Crippen molar-refractivity contribution < 1.29 is 50.9 Å². The molecular formula is C29H27F6N3O5. The summed E-state index contributed by atoms with van der Waals surface area (Å²) in [6.45, 7) is 3.38. The number of nitrogens with zero attached hydrogens (tertiary/aromatic N) is 3. The number of fused-ring (bicyclic) bond motifs is 2. The summed E-state index contributed by atoms with van der Waals surface area (Å²) in [7, 11) is 0. The summed E-state index contributed by atoms with van der Waals surface area (Å²) in [6, 6.07) is 22.8. The molecule has 5 rings (SSSR count). The number of amides is 1. The third kappa shape index (κ3) is 8.53. The number of aromatic nitrogens is 1. The minimum absolute atomic E-state index is 0.267. The number of anilines is 1. The Morgan fingerprint density at radius 2 is 1.28 bits per heavy atom. The average Bonchev–Trinajstić information content (AvgIpc) is 3.18. The summed E-state index contributed by atoms with van der Waals surface area (Å²) in [5.74, 6) is -5.25. The number of carbonyl (C=O) groups excluding carboxylic acids is 1. The monoisotopic (exact) mass is 611 g/mol. The summed E-state index contributed by atoms with van der Waals surface area (Å²) in [5, 5.41) is 14.2. The Morgan fingerprint density at radius 1 is 0.767 bits per heavy atom. The number of hydrogen-bond acceptors (Lipinski definition) is 5. The average molecular weight is 612 g/mol. The van der Waals surface area contributed by atoms with Crippen molar-refractivity contribution in [2.75, 3.05) is 18.0 Å². The molecule has 0 unspecified atom stereocenters. The van der Waals surface area contributed by atoms with Gasteiger partial charge in [-0.15, -0.1) is 0 Å². The van der Waals surface area contributed by atoms with Crippen LogP contribution in [0, 0.1) is 0 Å². The summed E-state index contributed by atoms with van der Waals surface area (Å²) in [6.07, 6.45) is -4.69. The van der Waals surface area contributed by atoms with Crippen LogP contribution < -0.4 is 4.90 Å². The molecule has 0 bridgehead atoms. The highest BCUT2D eigenvalue weighted by Gasteiger charge is 2.51. The number of rotatable bonds is 4. The number of carboxylic acid groups (broad SMARTS) is 2. The summed E-state index contributed by atoms with van der Waals surface area (Å²) < 4.78 is 63.5. The van der Waals surface area contributed by atoms with Crippen LogP contribution >= 0.6 is 0 Å². The third-order valence-electron chi connectivity index (χ3n) is 6.87. The van der Waals surface area contributed by atoms with Gasteiger partial charge in [0.25, 0.3) is 0 Å². The first kappa shape index (κ1) is 33.0. The van der Waals surface area contributed by atoms with Crippen molar-refractivity contribution in [2.45, 2.75) is 43.7 Å². The van der Waals surface area contributed by atoms with Crippen molar-refractivity contribution in [3.8, 4) is 0 Å². The third-order valence-corrected chi connectivity index (χ3v) is 6.87. The molecule has 2 aliphatic rings. The van der Waals surface area contributed by atoms with Gasteiger partial charge in [-0.3, -0.25) is 14.7 Å². The Bertz CT molecular complexity index is 1370. The van der Waals surface area contributed by atoms with Gasteiger partial charge >= 0.3 is 24.3 Å². The molecule has 14 heteroatoms. The Morgan fingerprint density at radius 3 is 1.79 bits per heavy atom. The molecule has 2 N–H and O–H groups in total. The van der Waals surface area contributed by atoms with E-state index in [9.17, 15) is 31.1 Å². The molecule has 2 aromatic carbocycles. The van der Waals surface area contributed by atoms with Gasteiger partial charge < -0.3 is 15.1 Å². The Kier molecular flexibility index (Phi) is 10.5. The van der Waals surface area contributed by atoms with Gasteiger partial charge in [0.05, 0.1) is 12.0 Å². The van der Waals surface area contributed by atoms with Crippen LogP contribution in [0.1, 0.15) is 29.5 Å². The van der Waals surface area contributed by atoms with E-state index in [4.69, 9.17) is 19.8 Å². The number of piperidine rings is 1. The van der Waals surface area contributed by atoms with E-state index in [1.165, 1.54) is 16.7 Å². The zero-order chi connectivity index (χ0) is 31.8. The summed E-state index contributed by atoms with van der Waals surface area (Å²) in [4.78, 5) is 40.2. The molecule has 43 heavy (non-hydrogen) atoms. The van der Waals surface area contributed by atoms with Gasteiger partial charge in [-0.25, -0.2) is 9.59 Å². The molecule has 1 spiro atoms. The van der Waals surface area contributed by atoms with Crippen molar-refractivity contribution in [3.63, 3.8) is 0 Å². The molecule has 1 fully saturated rings. The number of benzene rings is 2. The second kappa shape index (κ2) is 13.7. The molecule has 3 heterocycles. The van der Waals surface area contributed by atoms with Gasteiger partial charge in [-0.2, -0.15) is 26.3 Å². The second-order valence-corrected chi connectivity index (χ2v) is 9.72. The van der Waals surface area contributed by atoms with Crippen LogP contribution in [0.5, 0.6) is 0 Å². The SMILES string of the molecule is O=C(O)C(F)(F)F.O=C(O)C(F)(F)F.O=C1N(Cc2ccccc2)c2ccccc2C12CCN(Cc1cccnc1)CC2. The smallest absolute Gasteiger partial charge is 0.475 e. The van der Waals surface area contributed by atoms with Crippen molar-refractivity contribution in [3.05, 3.63) is 95.8 Å². The van der Waals surface area contributed by atoms with Crippen LogP contribution in [0.25, 0.3) is 0 Å². The molecule has 1 saturated heterocycles. The van der Waals surface area contributed by atoms with Gasteiger partial charge in [0.1, 0.15) is 0 Å². The first-order chi connectivity index (χ1) is 20.1. The minimum Gasteiger partial charge on any atom is -0.475 e. The second-order valence-electron chi connectivity index (χ2n) is 9.72. The number of likely N-dealkylation sites (tertiary alicyclic amines) is 1. The van der Waals surface area contributed by atoms with Crippen molar-refractivity contribution >= 4 is 23.5 Å². The number of alkyl halides is 6. The number of aliphatic carboxylic acids is 2. The number of carboxylic acids is 2. The lowest BCUT2D eigenvalue weighted by Crippen LogP contribution is -2.48. The fraction of sp³-hybridized carbons (Fsp3) is 0.310. The van der Waals surface area contributed by atoms with Crippen LogP contribution in [-0.4, -0.2) is 63.4 Å². The van der Waals surface area contributed by atoms with Crippen molar-refractivity contribution in [1.82, 2.24) is 9.88 Å². The molecule has 8 nitrogen and oxygen atoms in total. The normalized spacial score (nSPS) is 16.0.